The number of likely N-dealkylation sites (tertiary alicyclic amines) is 1. The van der Waals surface area contributed by atoms with Gasteiger partial charge < -0.3 is 14.4 Å². The number of hydrogen-bond acceptors (Lipinski definition) is 4. The van der Waals surface area contributed by atoms with Crippen LogP contribution in [0.1, 0.15) is 47.5 Å². The molecule has 0 saturated carbocycles. The zero-order valence-corrected chi connectivity index (χ0v) is 14.3. The van der Waals surface area contributed by atoms with Crippen LogP contribution in [0, 0.1) is 5.92 Å². The molecule has 0 aliphatic carbocycles. The predicted octanol–water partition coefficient (Wildman–Crippen LogP) is 2.86. The largest absolute Gasteiger partial charge is 0.447 e. The van der Waals surface area contributed by atoms with Crippen LogP contribution in [0.3, 0.4) is 0 Å². The summed E-state index contributed by atoms with van der Waals surface area (Å²) < 4.78 is 10.6. The lowest BCUT2D eigenvalue weighted by Crippen LogP contribution is -2.51. The summed E-state index contributed by atoms with van der Waals surface area (Å²) in [4.78, 5) is 27.7. The highest BCUT2D eigenvalue weighted by Gasteiger charge is 2.41. The molecule has 0 bridgehead atoms. The quantitative estimate of drug-likeness (QED) is 0.786. The maximum absolute atomic E-state index is 12.1. The van der Waals surface area contributed by atoms with Crippen molar-refractivity contribution in [1.29, 1.82) is 0 Å². The fraction of sp³-hybridized carbons (Fsp3) is 0.875. The SMILES string of the molecule is CC(C)C1COC(=O)N1C1CCN(C(=O)OC(C)(C)C)CC1. The van der Waals surface area contributed by atoms with E-state index in [2.05, 4.69) is 13.8 Å². The Bertz CT molecular complexity index is 422. The van der Waals surface area contributed by atoms with Gasteiger partial charge in [-0.1, -0.05) is 13.8 Å². The van der Waals surface area contributed by atoms with E-state index in [0.717, 1.165) is 12.8 Å². The summed E-state index contributed by atoms with van der Waals surface area (Å²) in [6.45, 7) is 11.5. The van der Waals surface area contributed by atoms with Crippen molar-refractivity contribution in [3.63, 3.8) is 0 Å². The van der Waals surface area contributed by atoms with Crippen molar-refractivity contribution in [2.75, 3.05) is 19.7 Å². The molecule has 6 nitrogen and oxygen atoms in total. The second kappa shape index (κ2) is 6.34. The molecule has 0 radical (unpaired) electrons. The summed E-state index contributed by atoms with van der Waals surface area (Å²) in [6.07, 6.45) is 1.07. The Labute approximate surface area is 132 Å². The summed E-state index contributed by atoms with van der Waals surface area (Å²) in [5, 5.41) is 0. The molecule has 22 heavy (non-hydrogen) atoms. The van der Waals surface area contributed by atoms with Crippen molar-refractivity contribution in [2.45, 2.75) is 65.1 Å². The maximum Gasteiger partial charge on any atom is 0.410 e. The van der Waals surface area contributed by atoms with Crippen LogP contribution in [0.25, 0.3) is 0 Å². The van der Waals surface area contributed by atoms with Gasteiger partial charge in [0.15, 0.2) is 0 Å². The third-order valence-electron chi connectivity index (χ3n) is 4.22. The molecule has 0 spiro atoms. The number of piperidine rings is 1. The van der Waals surface area contributed by atoms with Gasteiger partial charge in [-0.15, -0.1) is 0 Å². The maximum atomic E-state index is 12.1. The minimum absolute atomic E-state index is 0.144. The number of nitrogens with zero attached hydrogens (tertiary/aromatic N) is 2. The Kier molecular flexibility index (Phi) is 4.87. The molecule has 2 fully saturated rings. The van der Waals surface area contributed by atoms with Crippen LogP contribution in [0.4, 0.5) is 9.59 Å². The second-order valence-electron chi connectivity index (χ2n) is 7.49. The van der Waals surface area contributed by atoms with E-state index >= 15 is 0 Å². The number of hydrogen-bond donors (Lipinski definition) is 0. The van der Waals surface area contributed by atoms with Crippen LogP contribution in [0.15, 0.2) is 0 Å². The third kappa shape index (κ3) is 3.84. The first-order valence-corrected chi connectivity index (χ1v) is 8.12. The van der Waals surface area contributed by atoms with Gasteiger partial charge in [0.05, 0.1) is 6.04 Å². The van der Waals surface area contributed by atoms with Crippen LogP contribution in [-0.4, -0.2) is 59.4 Å². The number of amides is 2. The molecule has 0 aromatic heterocycles. The smallest absolute Gasteiger partial charge is 0.410 e. The van der Waals surface area contributed by atoms with Gasteiger partial charge in [0.2, 0.25) is 0 Å². The average molecular weight is 312 g/mol. The van der Waals surface area contributed by atoms with E-state index in [1.165, 1.54) is 0 Å². The van der Waals surface area contributed by atoms with Crippen LogP contribution in [-0.2, 0) is 9.47 Å². The Balaban J connectivity index is 1.91. The van der Waals surface area contributed by atoms with E-state index in [0.29, 0.717) is 25.6 Å². The molecular weight excluding hydrogens is 284 g/mol. The van der Waals surface area contributed by atoms with Crippen molar-refractivity contribution in [1.82, 2.24) is 9.80 Å². The Hall–Kier alpha value is -1.46. The molecule has 126 valence electrons. The Morgan fingerprint density at radius 1 is 1.27 bits per heavy atom. The molecule has 2 rings (SSSR count). The summed E-state index contributed by atoms with van der Waals surface area (Å²) in [6, 6.07) is 0.298. The molecule has 0 N–H and O–H groups in total. The molecule has 2 aliphatic heterocycles. The topological polar surface area (TPSA) is 59.1 Å². The minimum Gasteiger partial charge on any atom is -0.447 e. The molecule has 2 heterocycles. The number of carbonyl (C=O) groups is 2. The molecule has 1 atom stereocenters. The number of cyclic esters (lactones) is 1. The van der Waals surface area contributed by atoms with Crippen molar-refractivity contribution in [3.8, 4) is 0 Å². The highest BCUT2D eigenvalue weighted by atomic mass is 16.6. The van der Waals surface area contributed by atoms with E-state index in [1.54, 1.807) is 4.90 Å². The van der Waals surface area contributed by atoms with Gasteiger partial charge in [-0.25, -0.2) is 9.59 Å². The summed E-state index contributed by atoms with van der Waals surface area (Å²) in [5.41, 5.74) is -0.477. The third-order valence-corrected chi connectivity index (χ3v) is 4.22. The first-order chi connectivity index (χ1) is 10.2. The minimum atomic E-state index is -0.477. The standard InChI is InChI=1S/C16H28N2O4/c1-11(2)13-10-21-15(20)18(13)12-6-8-17(9-7-12)14(19)22-16(3,4)5/h11-13H,6-10H2,1-5H3. The lowest BCUT2D eigenvalue weighted by atomic mass is 9.98. The summed E-state index contributed by atoms with van der Waals surface area (Å²) in [7, 11) is 0. The summed E-state index contributed by atoms with van der Waals surface area (Å²) in [5.74, 6) is 0.371. The average Bonchev–Trinajstić information content (AvgIpc) is 2.79. The Morgan fingerprint density at radius 3 is 2.36 bits per heavy atom. The normalized spacial score (nSPS) is 23.9. The Morgan fingerprint density at radius 2 is 1.86 bits per heavy atom. The van der Waals surface area contributed by atoms with Crippen LogP contribution >= 0.6 is 0 Å². The lowest BCUT2D eigenvalue weighted by molar-refractivity contribution is 0.0150. The molecule has 1 unspecified atom stereocenters. The highest BCUT2D eigenvalue weighted by molar-refractivity contribution is 5.71. The van der Waals surface area contributed by atoms with Gasteiger partial charge >= 0.3 is 12.2 Å². The van der Waals surface area contributed by atoms with E-state index in [9.17, 15) is 9.59 Å². The van der Waals surface area contributed by atoms with E-state index in [1.807, 2.05) is 25.7 Å². The van der Waals surface area contributed by atoms with Gasteiger partial charge in [0.1, 0.15) is 12.2 Å². The van der Waals surface area contributed by atoms with E-state index in [4.69, 9.17) is 9.47 Å². The van der Waals surface area contributed by atoms with Gasteiger partial charge in [0, 0.05) is 19.1 Å². The fourth-order valence-corrected chi connectivity index (χ4v) is 3.03. The molecule has 2 aliphatic rings. The molecule has 0 aromatic carbocycles. The predicted molar refractivity (Wildman–Crippen MR) is 82.6 cm³/mol. The highest BCUT2D eigenvalue weighted by Crippen LogP contribution is 2.27. The first kappa shape index (κ1) is 16.9. The van der Waals surface area contributed by atoms with Crippen LogP contribution in [0.5, 0.6) is 0 Å². The number of carbonyl (C=O) groups excluding carboxylic acids is 2. The van der Waals surface area contributed by atoms with Crippen molar-refractivity contribution in [2.24, 2.45) is 5.92 Å². The van der Waals surface area contributed by atoms with Gasteiger partial charge in [0.25, 0.3) is 0 Å². The van der Waals surface area contributed by atoms with Crippen molar-refractivity contribution in [3.05, 3.63) is 0 Å². The summed E-state index contributed by atoms with van der Waals surface area (Å²) >= 11 is 0. The molecule has 2 amide bonds. The van der Waals surface area contributed by atoms with E-state index in [-0.39, 0.29) is 24.3 Å². The van der Waals surface area contributed by atoms with Crippen molar-refractivity contribution < 1.29 is 19.1 Å². The first-order valence-electron chi connectivity index (χ1n) is 8.12. The van der Waals surface area contributed by atoms with Crippen LogP contribution in [0.2, 0.25) is 0 Å². The monoisotopic (exact) mass is 312 g/mol. The second-order valence-corrected chi connectivity index (χ2v) is 7.49. The number of rotatable bonds is 2. The molecule has 0 aromatic rings. The van der Waals surface area contributed by atoms with Gasteiger partial charge in [-0.2, -0.15) is 0 Å². The molecule has 2 saturated heterocycles. The zero-order valence-electron chi connectivity index (χ0n) is 14.3. The molecule has 6 heteroatoms. The fourth-order valence-electron chi connectivity index (χ4n) is 3.03. The van der Waals surface area contributed by atoms with Crippen LogP contribution < -0.4 is 0 Å². The van der Waals surface area contributed by atoms with Crippen molar-refractivity contribution >= 4 is 12.2 Å². The van der Waals surface area contributed by atoms with Gasteiger partial charge in [-0.05, 0) is 39.5 Å². The van der Waals surface area contributed by atoms with Gasteiger partial charge in [-0.3, -0.25) is 4.90 Å². The lowest BCUT2D eigenvalue weighted by Gasteiger charge is -2.39. The zero-order chi connectivity index (χ0) is 16.5. The molecular formula is C16H28N2O4. The number of ether oxygens (including phenoxy) is 2. The van der Waals surface area contributed by atoms with E-state index < -0.39 is 5.60 Å².